The summed E-state index contributed by atoms with van der Waals surface area (Å²) in [6.07, 6.45) is 3.52. The van der Waals surface area contributed by atoms with E-state index in [1.807, 2.05) is 60.7 Å². The van der Waals surface area contributed by atoms with Crippen LogP contribution in [0.1, 0.15) is 11.4 Å². The van der Waals surface area contributed by atoms with Gasteiger partial charge in [-0.2, -0.15) is 4.98 Å². The molecule has 0 saturated heterocycles. The van der Waals surface area contributed by atoms with Crippen molar-refractivity contribution in [1.29, 1.82) is 0 Å². The highest BCUT2D eigenvalue weighted by Gasteiger charge is 2.16. The zero-order valence-corrected chi connectivity index (χ0v) is 17.3. The van der Waals surface area contributed by atoms with Gasteiger partial charge in [0.25, 0.3) is 5.89 Å². The Morgan fingerprint density at radius 1 is 0.806 bits per heavy atom. The molecule has 0 aliphatic heterocycles. The average Bonchev–Trinajstić information content (AvgIpc) is 3.47. The second-order valence-corrected chi connectivity index (χ2v) is 7.73. The van der Waals surface area contributed by atoms with Crippen LogP contribution in [0.15, 0.2) is 94.9 Å². The maximum absolute atomic E-state index is 5.42. The predicted molar refractivity (Wildman–Crippen MR) is 118 cm³/mol. The summed E-state index contributed by atoms with van der Waals surface area (Å²) in [5.74, 6) is 2.45. The van der Waals surface area contributed by atoms with Crippen molar-refractivity contribution < 1.29 is 4.52 Å². The molecule has 0 spiro atoms. The van der Waals surface area contributed by atoms with Gasteiger partial charge < -0.3 is 4.52 Å². The van der Waals surface area contributed by atoms with Gasteiger partial charge in [-0.1, -0.05) is 65.4 Å². The van der Waals surface area contributed by atoms with Crippen molar-refractivity contribution in [2.24, 2.45) is 0 Å². The van der Waals surface area contributed by atoms with Crippen LogP contribution >= 0.6 is 11.8 Å². The SMILES string of the molecule is c1ccc(Cn2c(SCc3noc(-c4ccccc4)n3)nnc2-c2ccncc2)cc1. The lowest BCUT2D eigenvalue weighted by Gasteiger charge is -2.10. The fourth-order valence-corrected chi connectivity index (χ4v) is 3.94. The Bertz CT molecular complexity index is 1260. The van der Waals surface area contributed by atoms with Crippen LogP contribution in [0.2, 0.25) is 0 Å². The van der Waals surface area contributed by atoms with Crippen LogP contribution in [-0.2, 0) is 12.3 Å². The number of hydrogen-bond donors (Lipinski definition) is 0. The molecule has 2 aromatic carbocycles. The van der Waals surface area contributed by atoms with Crippen molar-refractivity contribution in [2.75, 3.05) is 0 Å². The first kappa shape index (κ1) is 19.2. The van der Waals surface area contributed by atoms with Crippen LogP contribution in [0.5, 0.6) is 0 Å². The summed E-state index contributed by atoms with van der Waals surface area (Å²) in [6.45, 7) is 0.662. The summed E-state index contributed by atoms with van der Waals surface area (Å²) >= 11 is 1.53. The van der Waals surface area contributed by atoms with Gasteiger partial charge in [0.05, 0.1) is 12.3 Å². The number of nitrogens with zero attached hydrogens (tertiary/aromatic N) is 6. The van der Waals surface area contributed by atoms with Gasteiger partial charge in [-0.3, -0.25) is 9.55 Å². The Morgan fingerprint density at radius 2 is 1.55 bits per heavy atom. The van der Waals surface area contributed by atoms with Crippen molar-refractivity contribution in [3.8, 4) is 22.8 Å². The zero-order valence-electron chi connectivity index (χ0n) is 16.5. The van der Waals surface area contributed by atoms with E-state index in [9.17, 15) is 0 Å². The summed E-state index contributed by atoms with van der Waals surface area (Å²) in [5.41, 5.74) is 3.04. The molecule has 0 aliphatic rings. The molecule has 0 radical (unpaired) electrons. The summed E-state index contributed by atoms with van der Waals surface area (Å²) in [6, 6.07) is 23.9. The fraction of sp³-hybridized carbons (Fsp3) is 0.0870. The average molecular weight is 427 g/mol. The van der Waals surface area contributed by atoms with Crippen molar-refractivity contribution in [3.63, 3.8) is 0 Å². The van der Waals surface area contributed by atoms with E-state index in [4.69, 9.17) is 4.52 Å². The monoisotopic (exact) mass is 426 g/mol. The van der Waals surface area contributed by atoms with Crippen LogP contribution < -0.4 is 0 Å². The third kappa shape index (κ3) is 4.39. The molecule has 31 heavy (non-hydrogen) atoms. The minimum atomic E-state index is 0.513. The van der Waals surface area contributed by atoms with Gasteiger partial charge in [0.15, 0.2) is 16.8 Å². The molecule has 152 valence electrons. The van der Waals surface area contributed by atoms with E-state index in [1.165, 1.54) is 17.3 Å². The number of benzene rings is 2. The first-order chi connectivity index (χ1) is 15.4. The quantitative estimate of drug-likeness (QED) is 0.348. The molecule has 5 rings (SSSR count). The highest BCUT2D eigenvalue weighted by Crippen LogP contribution is 2.27. The molecule has 0 atom stereocenters. The molecule has 7 nitrogen and oxygen atoms in total. The Labute approximate surface area is 183 Å². The van der Waals surface area contributed by atoms with Crippen LogP contribution in [0, 0.1) is 0 Å². The fourth-order valence-electron chi connectivity index (χ4n) is 3.16. The van der Waals surface area contributed by atoms with Crippen LogP contribution in [0.4, 0.5) is 0 Å². The third-order valence-electron chi connectivity index (χ3n) is 4.66. The molecule has 0 fully saturated rings. The molecule has 0 aliphatic carbocycles. The largest absolute Gasteiger partial charge is 0.334 e. The smallest absolute Gasteiger partial charge is 0.257 e. The van der Waals surface area contributed by atoms with Gasteiger partial charge in [0, 0.05) is 23.5 Å². The Hall–Kier alpha value is -3.78. The molecule has 0 saturated carbocycles. The van der Waals surface area contributed by atoms with Crippen LogP contribution in [0.3, 0.4) is 0 Å². The summed E-state index contributed by atoms with van der Waals surface area (Å²) in [5, 5.41) is 13.8. The molecule has 5 aromatic rings. The maximum Gasteiger partial charge on any atom is 0.257 e. The highest BCUT2D eigenvalue weighted by atomic mass is 32.2. The number of hydrogen-bond acceptors (Lipinski definition) is 7. The number of aromatic nitrogens is 6. The van der Waals surface area contributed by atoms with Gasteiger partial charge in [0.1, 0.15) is 0 Å². The molecular weight excluding hydrogens is 408 g/mol. The van der Waals surface area contributed by atoms with Gasteiger partial charge in [0.2, 0.25) is 0 Å². The molecule has 0 unspecified atom stereocenters. The topological polar surface area (TPSA) is 82.5 Å². The normalized spacial score (nSPS) is 11.0. The van der Waals surface area contributed by atoms with Gasteiger partial charge in [-0.05, 0) is 29.8 Å². The van der Waals surface area contributed by atoms with Crippen molar-refractivity contribution in [3.05, 3.63) is 96.6 Å². The number of rotatable bonds is 7. The predicted octanol–water partition coefficient (Wildman–Crippen LogP) is 4.73. The lowest BCUT2D eigenvalue weighted by molar-refractivity contribution is 0.425. The molecule has 3 aromatic heterocycles. The lowest BCUT2D eigenvalue weighted by Crippen LogP contribution is -2.04. The van der Waals surface area contributed by atoms with E-state index in [0.717, 1.165) is 22.1 Å². The second-order valence-electron chi connectivity index (χ2n) is 6.78. The second kappa shape index (κ2) is 8.93. The molecule has 0 bridgehead atoms. The molecule has 0 N–H and O–H groups in total. The van der Waals surface area contributed by atoms with Gasteiger partial charge in [-0.25, -0.2) is 0 Å². The van der Waals surface area contributed by atoms with E-state index in [0.29, 0.717) is 24.0 Å². The molecule has 0 amide bonds. The minimum absolute atomic E-state index is 0.513. The highest BCUT2D eigenvalue weighted by molar-refractivity contribution is 7.98. The van der Waals surface area contributed by atoms with Gasteiger partial charge >= 0.3 is 0 Å². The first-order valence-corrected chi connectivity index (χ1v) is 10.7. The minimum Gasteiger partial charge on any atom is -0.334 e. The van der Waals surface area contributed by atoms with E-state index in [1.54, 1.807) is 12.4 Å². The Morgan fingerprint density at radius 3 is 2.32 bits per heavy atom. The first-order valence-electron chi connectivity index (χ1n) is 9.75. The maximum atomic E-state index is 5.42. The van der Waals surface area contributed by atoms with Crippen molar-refractivity contribution >= 4 is 11.8 Å². The molecule has 8 heteroatoms. The van der Waals surface area contributed by atoms with E-state index < -0.39 is 0 Å². The van der Waals surface area contributed by atoms with Crippen molar-refractivity contribution in [1.82, 2.24) is 29.9 Å². The van der Waals surface area contributed by atoms with Gasteiger partial charge in [-0.15, -0.1) is 10.2 Å². The Balaban J connectivity index is 1.40. The standard InChI is InChI=1S/C23H18N6OS/c1-3-7-17(8-4-1)15-29-21(18-11-13-24-14-12-18)26-27-23(29)31-16-20-25-22(30-28-20)19-9-5-2-6-10-19/h1-14H,15-16H2. The molecule has 3 heterocycles. The van der Waals surface area contributed by atoms with Crippen LogP contribution in [0.25, 0.3) is 22.8 Å². The summed E-state index contributed by atoms with van der Waals surface area (Å²) in [7, 11) is 0. The van der Waals surface area contributed by atoms with E-state index in [2.05, 4.69) is 42.0 Å². The van der Waals surface area contributed by atoms with E-state index in [-0.39, 0.29) is 0 Å². The third-order valence-corrected chi connectivity index (χ3v) is 5.62. The Kier molecular flexibility index (Phi) is 5.53. The van der Waals surface area contributed by atoms with E-state index >= 15 is 0 Å². The number of pyridine rings is 1. The van der Waals surface area contributed by atoms with Crippen molar-refractivity contribution in [2.45, 2.75) is 17.5 Å². The zero-order chi connectivity index (χ0) is 20.9. The number of thioether (sulfide) groups is 1. The summed E-state index contributed by atoms with van der Waals surface area (Å²) in [4.78, 5) is 8.61. The summed E-state index contributed by atoms with van der Waals surface area (Å²) < 4.78 is 7.52. The molecular formula is C23H18N6OS. The lowest BCUT2D eigenvalue weighted by atomic mass is 10.2. The van der Waals surface area contributed by atoms with Crippen LogP contribution in [-0.4, -0.2) is 29.9 Å².